The van der Waals surface area contributed by atoms with E-state index in [0.29, 0.717) is 6.54 Å². The number of carbonyl (C=O) groups is 2. The minimum Gasteiger partial charge on any atom is -0.478 e. The minimum absolute atomic E-state index is 0.0306. The Bertz CT molecular complexity index is 447. The summed E-state index contributed by atoms with van der Waals surface area (Å²) in [4.78, 5) is 27.3. The summed E-state index contributed by atoms with van der Waals surface area (Å²) in [5.41, 5.74) is 10.8. The summed E-state index contributed by atoms with van der Waals surface area (Å²) in [6.07, 6.45) is 1.33. The summed E-state index contributed by atoms with van der Waals surface area (Å²) in [5.74, 6) is -1.42. The van der Waals surface area contributed by atoms with Gasteiger partial charge in [-0.1, -0.05) is 0 Å². The van der Waals surface area contributed by atoms with Crippen molar-refractivity contribution in [1.29, 1.82) is 0 Å². The number of pyridine rings is 1. The highest BCUT2D eigenvalue weighted by Gasteiger charge is 2.17. The molecule has 17 heavy (non-hydrogen) atoms. The van der Waals surface area contributed by atoms with Crippen LogP contribution in [0.5, 0.6) is 0 Å². The van der Waals surface area contributed by atoms with Gasteiger partial charge < -0.3 is 21.5 Å². The van der Waals surface area contributed by atoms with Crippen molar-refractivity contribution >= 4 is 23.4 Å². The predicted octanol–water partition coefficient (Wildman–Crippen LogP) is -0.326. The first-order chi connectivity index (χ1) is 7.97. The van der Waals surface area contributed by atoms with E-state index in [0.717, 1.165) is 0 Å². The summed E-state index contributed by atoms with van der Waals surface area (Å²) in [7, 11) is 0. The molecule has 0 fully saturated rings. The van der Waals surface area contributed by atoms with E-state index in [1.165, 1.54) is 17.2 Å². The van der Waals surface area contributed by atoms with Crippen molar-refractivity contribution < 1.29 is 14.7 Å². The molecule has 0 atom stereocenters. The molecule has 0 saturated heterocycles. The molecule has 0 bridgehead atoms. The summed E-state index contributed by atoms with van der Waals surface area (Å²) in [5, 5.41) is 8.91. The van der Waals surface area contributed by atoms with E-state index in [2.05, 4.69) is 4.98 Å². The average molecular weight is 238 g/mol. The second-order valence-electron chi connectivity index (χ2n) is 3.38. The molecule has 0 unspecified atom stereocenters. The maximum atomic E-state index is 10.9. The molecule has 1 aromatic rings. The standard InChI is InChI=1S/C10H14N4O3/c1-2-14(5-7(11)15)9-8(12)6(10(16)17)3-4-13-9/h3-4H,2,5,12H2,1H3,(H2,11,15)(H,16,17). The van der Waals surface area contributed by atoms with Crippen LogP contribution in [0.15, 0.2) is 12.3 Å². The monoisotopic (exact) mass is 238 g/mol. The first-order valence-electron chi connectivity index (χ1n) is 4.98. The molecule has 0 aliphatic carbocycles. The molecule has 0 spiro atoms. The van der Waals surface area contributed by atoms with Crippen molar-refractivity contribution in [1.82, 2.24) is 4.98 Å². The molecular formula is C10H14N4O3. The van der Waals surface area contributed by atoms with E-state index in [9.17, 15) is 9.59 Å². The summed E-state index contributed by atoms with van der Waals surface area (Å²) in [6.45, 7) is 2.18. The fourth-order valence-corrected chi connectivity index (χ4v) is 1.43. The van der Waals surface area contributed by atoms with Gasteiger partial charge >= 0.3 is 5.97 Å². The van der Waals surface area contributed by atoms with Gasteiger partial charge in [-0.25, -0.2) is 9.78 Å². The van der Waals surface area contributed by atoms with Crippen molar-refractivity contribution in [2.75, 3.05) is 23.7 Å². The first-order valence-corrected chi connectivity index (χ1v) is 4.98. The lowest BCUT2D eigenvalue weighted by molar-refractivity contribution is -0.116. The minimum atomic E-state index is -1.14. The van der Waals surface area contributed by atoms with Crippen LogP contribution in [0, 0.1) is 0 Å². The number of rotatable bonds is 5. The van der Waals surface area contributed by atoms with Crippen LogP contribution in [0.25, 0.3) is 0 Å². The van der Waals surface area contributed by atoms with Gasteiger partial charge in [0.15, 0.2) is 5.82 Å². The molecule has 7 heteroatoms. The fourth-order valence-electron chi connectivity index (χ4n) is 1.43. The number of hydrogen-bond donors (Lipinski definition) is 3. The molecule has 0 radical (unpaired) electrons. The average Bonchev–Trinajstić information content (AvgIpc) is 2.26. The van der Waals surface area contributed by atoms with Crippen LogP contribution in [-0.2, 0) is 4.79 Å². The Hall–Kier alpha value is -2.31. The molecule has 1 rings (SSSR count). The second kappa shape index (κ2) is 5.15. The SMILES string of the molecule is CCN(CC(N)=O)c1nccc(C(=O)O)c1N. The van der Waals surface area contributed by atoms with Crippen LogP contribution in [0.2, 0.25) is 0 Å². The third kappa shape index (κ3) is 2.83. The Morgan fingerprint density at radius 1 is 1.53 bits per heavy atom. The molecule has 5 N–H and O–H groups in total. The number of carbonyl (C=O) groups excluding carboxylic acids is 1. The van der Waals surface area contributed by atoms with Gasteiger partial charge in [0.05, 0.1) is 17.8 Å². The number of aromatic carboxylic acids is 1. The number of nitrogens with two attached hydrogens (primary N) is 2. The van der Waals surface area contributed by atoms with Crippen LogP contribution in [0.1, 0.15) is 17.3 Å². The van der Waals surface area contributed by atoms with Gasteiger partial charge in [-0.2, -0.15) is 0 Å². The van der Waals surface area contributed by atoms with Crippen molar-refractivity contribution in [3.05, 3.63) is 17.8 Å². The lowest BCUT2D eigenvalue weighted by atomic mass is 10.2. The molecule has 0 aliphatic rings. The Morgan fingerprint density at radius 2 is 2.18 bits per heavy atom. The van der Waals surface area contributed by atoms with Gasteiger partial charge in [0.2, 0.25) is 5.91 Å². The zero-order chi connectivity index (χ0) is 13.0. The van der Waals surface area contributed by atoms with Crippen molar-refractivity contribution in [2.45, 2.75) is 6.92 Å². The summed E-state index contributed by atoms with van der Waals surface area (Å²) < 4.78 is 0. The number of carboxylic acid groups (broad SMARTS) is 1. The van der Waals surface area contributed by atoms with Gasteiger partial charge in [0, 0.05) is 12.7 Å². The Balaban J connectivity index is 3.16. The Labute approximate surface area is 98.0 Å². The number of aromatic nitrogens is 1. The highest BCUT2D eigenvalue weighted by atomic mass is 16.4. The molecule has 0 aliphatic heterocycles. The first kappa shape index (κ1) is 12.8. The van der Waals surface area contributed by atoms with Crippen molar-refractivity contribution in [2.24, 2.45) is 5.73 Å². The van der Waals surface area contributed by atoms with E-state index >= 15 is 0 Å². The molecular weight excluding hydrogens is 224 g/mol. The van der Waals surface area contributed by atoms with Crippen LogP contribution in [-0.4, -0.2) is 35.1 Å². The molecule has 1 aromatic heterocycles. The van der Waals surface area contributed by atoms with E-state index in [1.54, 1.807) is 6.92 Å². The van der Waals surface area contributed by atoms with Gasteiger partial charge in [-0.05, 0) is 13.0 Å². The largest absolute Gasteiger partial charge is 0.478 e. The number of likely N-dealkylation sites (N-methyl/N-ethyl adjacent to an activating group) is 1. The fraction of sp³-hybridized carbons (Fsp3) is 0.300. The third-order valence-electron chi connectivity index (χ3n) is 2.23. The number of amides is 1. The predicted molar refractivity (Wildman–Crippen MR) is 62.7 cm³/mol. The third-order valence-corrected chi connectivity index (χ3v) is 2.23. The zero-order valence-corrected chi connectivity index (χ0v) is 9.38. The summed E-state index contributed by atoms with van der Waals surface area (Å²) >= 11 is 0. The lowest BCUT2D eigenvalue weighted by Gasteiger charge is -2.22. The molecule has 92 valence electrons. The number of hydrogen-bond acceptors (Lipinski definition) is 5. The van der Waals surface area contributed by atoms with E-state index in [1.807, 2.05) is 0 Å². The smallest absolute Gasteiger partial charge is 0.337 e. The van der Waals surface area contributed by atoms with Crippen LogP contribution >= 0.6 is 0 Å². The molecule has 1 heterocycles. The highest BCUT2D eigenvalue weighted by Crippen LogP contribution is 2.23. The van der Waals surface area contributed by atoms with Crippen molar-refractivity contribution in [3.63, 3.8) is 0 Å². The highest BCUT2D eigenvalue weighted by molar-refractivity contribution is 5.96. The molecule has 7 nitrogen and oxygen atoms in total. The van der Waals surface area contributed by atoms with Gasteiger partial charge in [-0.15, -0.1) is 0 Å². The number of nitrogens with zero attached hydrogens (tertiary/aromatic N) is 2. The number of nitrogen functional groups attached to an aromatic ring is 1. The number of primary amides is 1. The van der Waals surface area contributed by atoms with E-state index < -0.39 is 11.9 Å². The molecule has 1 amide bonds. The topological polar surface area (TPSA) is 123 Å². The number of carboxylic acids is 1. The van der Waals surface area contributed by atoms with Gasteiger partial charge in [0.25, 0.3) is 0 Å². The maximum absolute atomic E-state index is 10.9. The van der Waals surface area contributed by atoms with Crippen LogP contribution in [0.4, 0.5) is 11.5 Å². The van der Waals surface area contributed by atoms with Crippen molar-refractivity contribution in [3.8, 4) is 0 Å². The quantitative estimate of drug-likeness (QED) is 0.645. The van der Waals surface area contributed by atoms with E-state index in [-0.39, 0.29) is 23.6 Å². The lowest BCUT2D eigenvalue weighted by Crippen LogP contribution is -2.34. The Kier molecular flexibility index (Phi) is 3.86. The van der Waals surface area contributed by atoms with Crippen LogP contribution < -0.4 is 16.4 Å². The number of anilines is 2. The van der Waals surface area contributed by atoms with E-state index in [4.69, 9.17) is 16.6 Å². The maximum Gasteiger partial charge on any atom is 0.337 e. The molecule has 0 aromatic carbocycles. The van der Waals surface area contributed by atoms with Gasteiger partial charge in [0.1, 0.15) is 0 Å². The summed E-state index contributed by atoms with van der Waals surface area (Å²) in [6, 6.07) is 1.30. The van der Waals surface area contributed by atoms with Gasteiger partial charge in [-0.3, -0.25) is 4.79 Å². The zero-order valence-electron chi connectivity index (χ0n) is 9.38. The molecule has 0 saturated carbocycles. The normalized spacial score (nSPS) is 9.94. The second-order valence-corrected chi connectivity index (χ2v) is 3.38. The Morgan fingerprint density at radius 3 is 2.65 bits per heavy atom. The van der Waals surface area contributed by atoms with Crippen LogP contribution in [0.3, 0.4) is 0 Å².